The minimum absolute atomic E-state index is 0.0630. The fourth-order valence-corrected chi connectivity index (χ4v) is 2.04. The van der Waals surface area contributed by atoms with Crippen LogP contribution in [0, 0.1) is 0 Å². The largest absolute Gasteiger partial charge is 0.395 e. The van der Waals surface area contributed by atoms with Crippen LogP contribution < -0.4 is 0 Å². The van der Waals surface area contributed by atoms with Gasteiger partial charge in [-0.25, -0.2) is 8.78 Å². The molecule has 0 radical (unpaired) electrons. The van der Waals surface area contributed by atoms with Crippen LogP contribution in [0.2, 0.25) is 0 Å². The third-order valence-electron chi connectivity index (χ3n) is 2.95. The van der Waals surface area contributed by atoms with Gasteiger partial charge in [-0.1, -0.05) is 37.3 Å². The summed E-state index contributed by atoms with van der Waals surface area (Å²) in [4.78, 5) is 13.3. The number of hydrogen-bond donors (Lipinski definition) is 1. The van der Waals surface area contributed by atoms with Crippen molar-refractivity contribution in [3.05, 3.63) is 35.9 Å². The molecule has 5 heteroatoms. The van der Waals surface area contributed by atoms with Gasteiger partial charge in [-0.2, -0.15) is 0 Å². The van der Waals surface area contributed by atoms with Gasteiger partial charge in [0.05, 0.1) is 19.1 Å². The van der Waals surface area contributed by atoms with Crippen LogP contribution in [0.3, 0.4) is 0 Å². The van der Waals surface area contributed by atoms with Crippen LogP contribution in [0.25, 0.3) is 0 Å². The van der Waals surface area contributed by atoms with Gasteiger partial charge in [-0.3, -0.25) is 4.79 Å². The predicted octanol–water partition coefficient (Wildman–Crippen LogP) is 2.27. The molecule has 0 aliphatic rings. The quantitative estimate of drug-likeness (QED) is 0.826. The molecule has 1 amide bonds. The zero-order chi connectivity index (χ0) is 14.3. The van der Waals surface area contributed by atoms with E-state index in [1.165, 1.54) is 0 Å². The van der Waals surface area contributed by atoms with E-state index in [9.17, 15) is 13.6 Å². The van der Waals surface area contributed by atoms with Gasteiger partial charge in [0, 0.05) is 6.54 Å². The lowest BCUT2D eigenvalue weighted by molar-refractivity contribution is -0.135. The summed E-state index contributed by atoms with van der Waals surface area (Å²) in [6, 6.07) is 9.09. The van der Waals surface area contributed by atoms with Crippen molar-refractivity contribution in [3.63, 3.8) is 0 Å². The molecule has 106 valence electrons. The molecule has 19 heavy (non-hydrogen) atoms. The third-order valence-corrected chi connectivity index (χ3v) is 2.95. The monoisotopic (exact) mass is 271 g/mol. The molecule has 1 aromatic rings. The molecule has 1 rings (SSSR count). The number of halogens is 2. The Hall–Kier alpha value is -1.49. The number of amides is 1. The molecule has 1 unspecified atom stereocenters. The second-order valence-electron chi connectivity index (χ2n) is 4.27. The molecule has 1 atom stereocenters. The molecule has 0 bridgehead atoms. The number of carbonyl (C=O) groups is 1. The maximum Gasteiger partial charge on any atom is 0.255 e. The van der Waals surface area contributed by atoms with Crippen LogP contribution >= 0.6 is 0 Å². The van der Waals surface area contributed by atoms with E-state index in [-0.39, 0.29) is 19.1 Å². The number of carbonyl (C=O) groups excluding carboxylic acids is 1. The van der Waals surface area contributed by atoms with E-state index in [0.29, 0.717) is 6.42 Å². The van der Waals surface area contributed by atoms with E-state index >= 15 is 0 Å². The highest BCUT2D eigenvalue weighted by Crippen LogP contribution is 2.22. The van der Waals surface area contributed by atoms with Gasteiger partial charge in [0.25, 0.3) is 6.43 Å². The highest BCUT2D eigenvalue weighted by atomic mass is 19.3. The fraction of sp³-hybridized carbons (Fsp3) is 0.500. The standard InChI is InChI=1S/C14H19F2NO2/c1-2-12(11-6-4-3-5-7-11)14(19)17(8-9-18)10-13(15)16/h3-7,12-13,18H,2,8-10H2,1H3. The van der Waals surface area contributed by atoms with Gasteiger partial charge in [0.2, 0.25) is 5.91 Å². The molecule has 0 saturated carbocycles. The zero-order valence-electron chi connectivity index (χ0n) is 10.9. The van der Waals surface area contributed by atoms with Gasteiger partial charge in [0.1, 0.15) is 0 Å². The maximum atomic E-state index is 12.5. The third kappa shape index (κ3) is 4.59. The summed E-state index contributed by atoms with van der Waals surface area (Å²) in [5.41, 5.74) is 0.812. The van der Waals surface area contributed by atoms with Gasteiger partial charge in [0.15, 0.2) is 0 Å². The van der Waals surface area contributed by atoms with Crippen molar-refractivity contribution in [2.24, 2.45) is 0 Å². The lowest BCUT2D eigenvalue weighted by Gasteiger charge is -2.26. The number of hydrogen-bond acceptors (Lipinski definition) is 2. The van der Waals surface area contributed by atoms with Crippen LogP contribution in [0.5, 0.6) is 0 Å². The van der Waals surface area contributed by atoms with Crippen LogP contribution in [0.4, 0.5) is 8.78 Å². The molecule has 0 aliphatic carbocycles. The summed E-state index contributed by atoms with van der Waals surface area (Å²) >= 11 is 0. The Morgan fingerprint density at radius 3 is 2.42 bits per heavy atom. The van der Waals surface area contributed by atoms with Crippen LogP contribution in [0.1, 0.15) is 24.8 Å². The lowest BCUT2D eigenvalue weighted by atomic mass is 9.95. The average molecular weight is 271 g/mol. The van der Waals surface area contributed by atoms with Crippen molar-refractivity contribution in [1.82, 2.24) is 4.90 Å². The average Bonchev–Trinajstić information content (AvgIpc) is 2.39. The minimum Gasteiger partial charge on any atom is -0.395 e. The number of nitrogens with zero attached hydrogens (tertiary/aromatic N) is 1. The molecule has 0 aromatic heterocycles. The van der Waals surface area contributed by atoms with E-state index in [1.807, 2.05) is 37.3 Å². The Labute approximate surface area is 111 Å². The van der Waals surface area contributed by atoms with E-state index in [4.69, 9.17) is 5.11 Å². The molecule has 0 spiro atoms. The fourth-order valence-electron chi connectivity index (χ4n) is 2.04. The lowest BCUT2D eigenvalue weighted by Crippen LogP contribution is -2.40. The van der Waals surface area contributed by atoms with Gasteiger partial charge in [-0.15, -0.1) is 0 Å². The Bertz CT molecular complexity index is 384. The summed E-state index contributed by atoms with van der Waals surface area (Å²) in [5, 5.41) is 8.88. The van der Waals surface area contributed by atoms with E-state index in [2.05, 4.69) is 0 Å². The number of alkyl halides is 2. The first-order valence-corrected chi connectivity index (χ1v) is 6.32. The molecule has 3 nitrogen and oxygen atoms in total. The maximum absolute atomic E-state index is 12.5. The minimum atomic E-state index is -2.59. The molecule has 0 saturated heterocycles. The van der Waals surface area contributed by atoms with Crippen LogP contribution in [0.15, 0.2) is 30.3 Å². The molecule has 1 aromatic carbocycles. The first kappa shape index (κ1) is 15.6. The summed E-state index contributed by atoms with van der Waals surface area (Å²) < 4.78 is 24.9. The van der Waals surface area contributed by atoms with Crippen molar-refractivity contribution in [1.29, 1.82) is 0 Å². The number of benzene rings is 1. The van der Waals surface area contributed by atoms with Crippen LogP contribution in [-0.2, 0) is 4.79 Å². The van der Waals surface area contributed by atoms with Gasteiger partial charge in [-0.05, 0) is 12.0 Å². The van der Waals surface area contributed by atoms with Crippen molar-refractivity contribution in [2.45, 2.75) is 25.7 Å². The summed E-state index contributed by atoms with van der Waals surface area (Å²) in [6.07, 6.45) is -2.06. The van der Waals surface area contributed by atoms with E-state index in [0.717, 1.165) is 10.5 Å². The smallest absolute Gasteiger partial charge is 0.255 e. The number of rotatable bonds is 7. The zero-order valence-corrected chi connectivity index (χ0v) is 10.9. The summed E-state index contributed by atoms with van der Waals surface area (Å²) in [5.74, 6) is -0.797. The van der Waals surface area contributed by atoms with Crippen LogP contribution in [-0.4, -0.2) is 42.0 Å². The van der Waals surface area contributed by atoms with E-state index in [1.54, 1.807) is 0 Å². The molecule has 1 N–H and O–H groups in total. The second-order valence-corrected chi connectivity index (χ2v) is 4.27. The molecular weight excluding hydrogens is 252 g/mol. The Morgan fingerprint density at radius 1 is 1.32 bits per heavy atom. The predicted molar refractivity (Wildman–Crippen MR) is 69.1 cm³/mol. The van der Waals surface area contributed by atoms with E-state index < -0.39 is 18.9 Å². The number of aliphatic hydroxyl groups excluding tert-OH is 1. The van der Waals surface area contributed by atoms with Crippen molar-refractivity contribution < 1.29 is 18.7 Å². The second kappa shape index (κ2) is 7.84. The topological polar surface area (TPSA) is 40.5 Å². The Morgan fingerprint density at radius 2 is 1.95 bits per heavy atom. The molecule has 0 heterocycles. The summed E-state index contributed by atoms with van der Waals surface area (Å²) in [7, 11) is 0. The normalized spacial score (nSPS) is 12.5. The first-order chi connectivity index (χ1) is 9.10. The SMILES string of the molecule is CCC(C(=O)N(CCO)CC(F)F)c1ccccc1. The Kier molecular flexibility index (Phi) is 6.42. The van der Waals surface area contributed by atoms with Crippen molar-refractivity contribution >= 4 is 5.91 Å². The van der Waals surface area contributed by atoms with Crippen molar-refractivity contribution in [2.75, 3.05) is 19.7 Å². The van der Waals surface area contributed by atoms with Gasteiger partial charge >= 0.3 is 0 Å². The highest BCUT2D eigenvalue weighted by Gasteiger charge is 2.25. The van der Waals surface area contributed by atoms with Crippen molar-refractivity contribution in [3.8, 4) is 0 Å². The highest BCUT2D eigenvalue weighted by molar-refractivity contribution is 5.83. The first-order valence-electron chi connectivity index (χ1n) is 6.32. The van der Waals surface area contributed by atoms with Gasteiger partial charge < -0.3 is 10.0 Å². The summed E-state index contributed by atoms with van der Waals surface area (Å²) in [6.45, 7) is 0.827. The Balaban J connectivity index is 2.86. The molecule has 0 fully saturated rings. The molecular formula is C14H19F2NO2. The number of aliphatic hydroxyl groups is 1. The molecule has 0 aliphatic heterocycles.